The van der Waals surface area contributed by atoms with Gasteiger partial charge < -0.3 is 5.73 Å². The molecule has 15 heavy (non-hydrogen) atoms. The molecule has 0 aromatic heterocycles. The molecule has 84 valence electrons. The summed E-state index contributed by atoms with van der Waals surface area (Å²) in [6.07, 6.45) is 3.39. The van der Waals surface area contributed by atoms with Crippen molar-refractivity contribution in [2.24, 2.45) is 11.7 Å². The Morgan fingerprint density at radius 3 is 2.33 bits per heavy atom. The third kappa shape index (κ3) is 2.47. The monoisotopic (exact) mass is 233 g/mol. The van der Waals surface area contributed by atoms with Gasteiger partial charge >= 0.3 is 0 Å². The lowest BCUT2D eigenvalue weighted by molar-refractivity contribution is 0.264. The number of hydrogen-bond acceptors (Lipinski definition) is 1. The fourth-order valence-electron chi connectivity index (χ4n) is 1.79. The van der Waals surface area contributed by atoms with Crippen LogP contribution in [0.3, 0.4) is 0 Å². The maximum Gasteiger partial charge on any atom is 0.159 e. The average molecular weight is 234 g/mol. The van der Waals surface area contributed by atoms with Crippen molar-refractivity contribution >= 4 is 12.4 Å². The highest BCUT2D eigenvalue weighted by molar-refractivity contribution is 5.85. The summed E-state index contributed by atoms with van der Waals surface area (Å²) in [5.41, 5.74) is 6.63. The van der Waals surface area contributed by atoms with Crippen molar-refractivity contribution in [1.82, 2.24) is 0 Å². The zero-order chi connectivity index (χ0) is 10.1. The Morgan fingerprint density at radius 1 is 1.20 bits per heavy atom. The van der Waals surface area contributed by atoms with Crippen LogP contribution in [0.15, 0.2) is 18.2 Å². The maximum atomic E-state index is 12.9. The van der Waals surface area contributed by atoms with E-state index in [0.29, 0.717) is 11.5 Å². The molecule has 1 aromatic rings. The van der Waals surface area contributed by atoms with Gasteiger partial charge in [-0.2, -0.15) is 0 Å². The predicted molar refractivity (Wildman–Crippen MR) is 57.9 cm³/mol. The van der Waals surface area contributed by atoms with Gasteiger partial charge in [-0.05, 0) is 36.5 Å². The standard InChI is InChI=1S/C11H13F2N.ClH/c12-9-5-4-8(6-10(9)13)11(14)7-2-1-3-7;/h4-7,11H,1-3,14H2;1H/t11-;/m0./s1. The van der Waals surface area contributed by atoms with Crippen molar-refractivity contribution < 1.29 is 8.78 Å². The molecule has 0 bridgehead atoms. The van der Waals surface area contributed by atoms with Crippen LogP contribution in [0, 0.1) is 17.6 Å². The van der Waals surface area contributed by atoms with Crippen LogP contribution >= 0.6 is 12.4 Å². The average Bonchev–Trinajstić information content (AvgIpc) is 2.06. The molecule has 0 saturated heterocycles. The van der Waals surface area contributed by atoms with Crippen molar-refractivity contribution in [2.75, 3.05) is 0 Å². The fraction of sp³-hybridized carbons (Fsp3) is 0.455. The van der Waals surface area contributed by atoms with E-state index in [0.717, 1.165) is 18.9 Å². The first-order valence-corrected chi connectivity index (χ1v) is 4.89. The molecule has 0 heterocycles. The van der Waals surface area contributed by atoms with E-state index in [2.05, 4.69) is 0 Å². The lowest BCUT2D eigenvalue weighted by atomic mass is 9.77. The molecule has 1 fully saturated rings. The minimum absolute atomic E-state index is 0. The van der Waals surface area contributed by atoms with Crippen LogP contribution in [0.4, 0.5) is 8.78 Å². The van der Waals surface area contributed by atoms with Crippen molar-refractivity contribution in [1.29, 1.82) is 0 Å². The van der Waals surface area contributed by atoms with Gasteiger partial charge in [0.1, 0.15) is 0 Å². The van der Waals surface area contributed by atoms with Gasteiger partial charge in [-0.15, -0.1) is 12.4 Å². The first kappa shape index (κ1) is 12.4. The molecule has 1 aliphatic rings. The predicted octanol–water partition coefficient (Wildman–Crippen LogP) is 3.19. The van der Waals surface area contributed by atoms with Crippen molar-refractivity contribution in [2.45, 2.75) is 25.3 Å². The molecule has 0 aliphatic heterocycles. The Kier molecular flexibility index (Phi) is 4.05. The van der Waals surface area contributed by atoms with E-state index in [1.54, 1.807) is 6.07 Å². The summed E-state index contributed by atoms with van der Waals surface area (Å²) in [4.78, 5) is 0. The molecule has 2 rings (SSSR count). The second-order valence-corrected chi connectivity index (χ2v) is 3.89. The van der Waals surface area contributed by atoms with Gasteiger partial charge in [0.05, 0.1) is 0 Å². The van der Waals surface area contributed by atoms with E-state index in [1.807, 2.05) is 0 Å². The van der Waals surface area contributed by atoms with Gasteiger partial charge in [0.2, 0.25) is 0 Å². The first-order valence-electron chi connectivity index (χ1n) is 4.89. The summed E-state index contributed by atoms with van der Waals surface area (Å²) in [6.45, 7) is 0. The number of rotatable bonds is 2. The van der Waals surface area contributed by atoms with Crippen LogP contribution in [0.25, 0.3) is 0 Å². The molecule has 0 radical (unpaired) electrons. The van der Waals surface area contributed by atoms with Crippen LogP contribution in [-0.4, -0.2) is 0 Å². The topological polar surface area (TPSA) is 26.0 Å². The molecular weight excluding hydrogens is 220 g/mol. The van der Waals surface area contributed by atoms with Crippen LogP contribution in [0.2, 0.25) is 0 Å². The van der Waals surface area contributed by atoms with Crippen molar-refractivity contribution in [3.05, 3.63) is 35.4 Å². The van der Waals surface area contributed by atoms with Crippen LogP contribution < -0.4 is 5.73 Å². The number of halogens is 3. The Bertz CT molecular complexity index is 339. The highest BCUT2D eigenvalue weighted by atomic mass is 35.5. The lowest BCUT2D eigenvalue weighted by Gasteiger charge is -2.31. The van der Waals surface area contributed by atoms with Gasteiger partial charge in [-0.3, -0.25) is 0 Å². The maximum absolute atomic E-state index is 12.9. The smallest absolute Gasteiger partial charge is 0.159 e. The fourth-order valence-corrected chi connectivity index (χ4v) is 1.79. The minimum atomic E-state index is -0.811. The van der Waals surface area contributed by atoms with E-state index in [-0.39, 0.29) is 18.4 Å². The third-order valence-electron chi connectivity index (χ3n) is 2.99. The van der Waals surface area contributed by atoms with Gasteiger partial charge in [0, 0.05) is 6.04 Å². The molecule has 0 spiro atoms. The zero-order valence-corrected chi connectivity index (χ0v) is 9.07. The molecule has 1 saturated carbocycles. The van der Waals surface area contributed by atoms with E-state index in [9.17, 15) is 8.78 Å². The quantitative estimate of drug-likeness (QED) is 0.834. The molecule has 1 aliphatic carbocycles. The van der Waals surface area contributed by atoms with Crippen LogP contribution in [0.1, 0.15) is 30.9 Å². The molecule has 2 N–H and O–H groups in total. The molecule has 0 amide bonds. The largest absolute Gasteiger partial charge is 0.324 e. The normalized spacial score (nSPS) is 17.8. The number of benzene rings is 1. The van der Waals surface area contributed by atoms with Gasteiger partial charge in [0.15, 0.2) is 11.6 Å². The molecule has 4 heteroatoms. The Balaban J connectivity index is 0.00000112. The minimum Gasteiger partial charge on any atom is -0.324 e. The van der Waals surface area contributed by atoms with E-state index in [4.69, 9.17) is 5.73 Å². The summed E-state index contributed by atoms with van der Waals surface area (Å²) < 4.78 is 25.5. The molecule has 1 aromatic carbocycles. The SMILES string of the molecule is Cl.N[C@H](c1ccc(F)c(F)c1)C1CCC1. The molecular formula is C11H14ClF2N. The van der Waals surface area contributed by atoms with E-state index >= 15 is 0 Å². The highest BCUT2D eigenvalue weighted by Crippen LogP contribution is 2.36. The van der Waals surface area contributed by atoms with E-state index in [1.165, 1.54) is 12.5 Å². The van der Waals surface area contributed by atoms with Gasteiger partial charge in [-0.25, -0.2) is 8.78 Å². The lowest BCUT2D eigenvalue weighted by Crippen LogP contribution is -2.26. The molecule has 1 nitrogen and oxygen atoms in total. The van der Waals surface area contributed by atoms with Crippen LogP contribution in [-0.2, 0) is 0 Å². The summed E-state index contributed by atoms with van der Waals surface area (Å²) in [5, 5.41) is 0. The van der Waals surface area contributed by atoms with Crippen molar-refractivity contribution in [3.63, 3.8) is 0 Å². The summed E-state index contributed by atoms with van der Waals surface area (Å²) in [5.74, 6) is -1.17. The number of nitrogens with two attached hydrogens (primary N) is 1. The second kappa shape index (κ2) is 4.90. The Labute approximate surface area is 94.1 Å². The Morgan fingerprint density at radius 2 is 1.87 bits per heavy atom. The van der Waals surface area contributed by atoms with E-state index < -0.39 is 11.6 Å². The summed E-state index contributed by atoms with van der Waals surface area (Å²) in [6, 6.07) is 3.78. The zero-order valence-electron chi connectivity index (χ0n) is 8.25. The Hall–Kier alpha value is -0.670. The van der Waals surface area contributed by atoms with Gasteiger partial charge in [0.25, 0.3) is 0 Å². The summed E-state index contributed by atoms with van der Waals surface area (Å²) >= 11 is 0. The van der Waals surface area contributed by atoms with Crippen LogP contribution in [0.5, 0.6) is 0 Å². The van der Waals surface area contributed by atoms with Crippen molar-refractivity contribution in [3.8, 4) is 0 Å². The second-order valence-electron chi connectivity index (χ2n) is 3.89. The van der Waals surface area contributed by atoms with Gasteiger partial charge in [-0.1, -0.05) is 12.5 Å². The molecule has 0 unspecified atom stereocenters. The third-order valence-corrected chi connectivity index (χ3v) is 2.99. The highest BCUT2D eigenvalue weighted by Gasteiger charge is 2.25. The number of hydrogen-bond donors (Lipinski definition) is 1. The molecule has 1 atom stereocenters. The summed E-state index contributed by atoms with van der Waals surface area (Å²) in [7, 11) is 0. The first-order chi connectivity index (χ1) is 6.68.